The number of methoxy groups -OCH3 is 1. The van der Waals surface area contributed by atoms with E-state index in [9.17, 15) is 22.8 Å². The van der Waals surface area contributed by atoms with Crippen molar-refractivity contribution in [3.05, 3.63) is 23.8 Å². The zero-order valence-electron chi connectivity index (χ0n) is 14.6. The van der Waals surface area contributed by atoms with Gasteiger partial charge in [-0.25, -0.2) is 0 Å². The highest BCUT2D eigenvalue weighted by Crippen LogP contribution is 2.46. The number of amides is 1. The van der Waals surface area contributed by atoms with Crippen molar-refractivity contribution in [3.63, 3.8) is 0 Å². The molecule has 1 aliphatic heterocycles. The van der Waals surface area contributed by atoms with Gasteiger partial charge in [-0.1, -0.05) is 0 Å². The molecule has 1 saturated heterocycles. The summed E-state index contributed by atoms with van der Waals surface area (Å²) in [6.07, 6.45) is -5.75. The van der Waals surface area contributed by atoms with Crippen LogP contribution in [0, 0.1) is 5.41 Å². The smallest absolute Gasteiger partial charge is 0.406 e. The lowest BCUT2D eigenvalue weighted by Gasteiger charge is -2.27. The summed E-state index contributed by atoms with van der Waals surface area (Å²) < 4.78 is 50.4. The van der Waals surface area contributed by atoms with E-state index in [4.69, 9.17) is 14.6 Å². The topological polar surface area (TPSA) is 76.1 Å². The van der Waals surface area contributed by atoms with E-state index in [1.165, 1.54) is 25.3 Å². The summed E-state index contributed by atoms with van der Waals surface area (Å²) in [7, 11) is 1.38. The molecule has 1 aliphatic rings. The highest BCUT2D eigenvalue weighted by molar-refractivity contribution is 5.95. The Morgan fingerprint density at radius 2 is 1.92 bits per heavy atom. The van der Waals surface area contributed by atoms with Gasteiger partial charge in [-0.3, -0.25) is 9.59 Å². The third-order valence-corrected chi connectivity index (χ3v) is 4.28. The Morgan fingerprint density at radius 3 is 2.38 bits per heavy atom. The number of hydrogen-bond acceptors (Lipinski definition) is 4. The largest absolute Gasteiger partial charge is 0.493 e. The van der Waals surface area contributed by atoms with Crippen molar-refractivity contribution >= 4 is 11.9 Å². The molecule has 144 valence electrons. The van der Waals surface area contributed by atoms with Gasteiger partial charge < -0.3 is 19.5 Å². The molecule has 1 amide bonds. The van der Waals surface area contributed by atoms with Crippen molar-refractivity contribution in [2.45, 2.75) is 32.5 Å². The van der Waals surface area contributed by atoms with E-state index in [2.05, 4.69) is 0 Å². The first-order valence-electron chi connectivity index (χ1n) is 7.96. The summed E-state index contributed by atoms with van der Waals surface area (Å²) in [4.78, 5) is 24.7. The van der Waals surface area contributed by atoms with Crippen LogP contribution in [0.5, 0.6) is 11.5 Å². The van der Waals surface area contributed by atoms with Crippen molar-refractivity contribution in [2.75, 3.05) is 20.2 Å². The van der Waals surface area contributed by atoms with Gasteiger partial charge in [-0.2, -0.15) is 13.2 Å². The number of aliphatic carboxylic acids is 1. The van der Waals surface area contributed by atoms with Gasteiger partial charge in [-0.05, 0) is 38.5 Å². The lowest BCUT2D eigenvalue weighted by molar-refractivity contribution is -0.227. The number of carbonyl (C=O) groups is 2. The molecule has 9 heteroatoms. The van der Waals surface area contributed by atoms with Crippen molar-refractivity contribution in [2.24, 2.45) is 5.41 Å². The van der Waals surface area contributed by atoms with E-state index in [0.717, 1.165) is 4.90 Å². The minimum absolute atomic E-state index is 0.0984. The minimum Gasteiger partial charge on any atom is -0.493 e. The van der Waals surface area contributed by atoms with E-state index in [-0.39, 0.29) is 24.0 Å². The van der Waals surface area contributed by atoms with Crippen molar-refractivity contribution in [1.29, 1.82) is 0 Å². The van der Waals surface area contributed by atoms with Gasteiger partial charge in [0.2, 0.25) is 0 Å². The zero-order chi connectivity index (χ0) is 19.7. The molecule has 1 N–H and O–H groups in total. The number of carbonyl (C=O) groups excluding carboxylic acids is 1. The van der Waals surface area contributed by atoms with E-state index in [0.29, 0.717) is 5.75 Å². The summed E-state index contributed by atoms with van der Waals surface area (Å²) in [6, 6.07) is 4.28. The second kappa shape index (κ2) is 7.05. The molecule has 0 saturated carbocycles. The van der Waals surface area contributed by atoms with Gasteiger partial charge in [0.25, 0.3) is 5.91 Å². The number of hydrogen-bond donors (Lipinski definition) is 1. The molecule has 0 bridgehead atoms. The maximum atomic E-state index is 13.2. The maximum Gasteiger partial charge on any atom is 0.406 e. The van der Waals surface area contributed by atoms with E-state index < -0.39 is 36.4 Å². The van der Waals surface area contributed by atoms with E-state index in [1.54, 1.807) is 0 Å². The Balaban J connectivity index is 2.26. The SMILES string of the molecule is COc1cc(C(=O)N2CCC(C(=O)O)(C(F)(F)F)C2)ccc1OC(C)C. The van der Waals surface area contributed by atoms with Crippen LogP contribution in [0.1, 0.15) is 30.6 Å². The fraction of sp³-hybridized carbons (Fsp3) is 0.529. The van der Waals surface area contributed by atoms with Crippen LogP contribution in [0.25, 0.3) is 0 Å². The van der Waals surface area contributed by atoms with Gasteiger partial charge in [0.1, 0.15) is 0 Å². The molecular formula is C17H20F3NO5. The molecule has 0 radical (unpaired) electrons. The van der Waals surface area contributed by atoms with Crippen LogP contribution < -0.4 is 9.47 Å². The average Bonchev–Trinajstić information content (AvgIpc) is 3.00. The lowest BCUT2D eigenvalue weighted by atomic mass is 9.86. The first-order chi connectivity index (χ1) is 12.0. The molecule has 2 rings (SSSR count). The third-order valence-electron chi connectivity index (χ3n) is 4.28. The summed E-state index contributed by atoms with van der Waals surface area (Å²) in [5, 5.41) is 9.08. The molecule has 26 heavy (non-hydrogen) atoms. The number of ether oxygens (including phenoxy) is 2. The molecule has 6 nitrogen and oxygen atoms in total. The second-order valence-corrected chi connectivity index (χ2v) is 6.39. The molecule has 1 aromatic carbocycles. The Labute approximate surface area is 148 Å². The van der Waals surface area contributed by atoms with Crippen LogP contribution in [0.15, 0.2) is 18.2 Å². The van der Waals surface area contributed by atoms with Gasteiger partial charge in [0.05, 0.1) is 13.2 Å². The van der Waals surface area contributed by atoms with Crippen LogP contribution in [-0.2, 0) is 4.79 Å². The Hall–Kier alpha value is -2.45. The van der Waals surface area contributed by atoms with Gasteiger partial charge >= 0.3 is 12.1 Å². The van der Waals surface area contributed by atoms with Crippen molar-refractivity contribution in [1.82, 2.24) is 4.90 Å². The molecule has 0 aliphatic carbocycles. The maximum absolute atomic E-state index is 13.2. The number of benzene rings is 1. The number of nitrogens with zero attached hydrogens (tertiary/aromatic N) is 1. The molecular weight excluding hydrogens is 355 g/mol. The standard InChI is InChI=1S/C17H20F3NO5/c1-10(2)26-12-5-4-11(8-13(12)25-3)14(22)21-7-6-16(9-21,15(23)24)17(18,19)20/h4-5,8,10H,6-7,9H2,1-3H3,(H,23,24). The second-order valence-electron chi connectivity index (χ2n) is 6.39. The molecule has 1 heterocycles. The van der Waals surface area contributed by atoms with Crippen LogP contribution in [0.4, 0.5) is 13.2 Å². The zero-order valence-corrected chi connectivity index (χ0v) is 14.6. The van der Waals surface area contributed by atoms with Gasteiger partial charge in [0, 0.05) is 18.7 Å². The molecule has 1 atom stereocenters. The Morgan fingerprint density at radius 1 is 1.27 bits per heavy atom. The van der Waals surface area contributed by atoms with E-state index in [1.807, 2.05) is 13.8 Å². The third kappa shape index (κ3) is 3.56. The predicted molar refractivity (Wildman–Crippen MR) is 85.4 cm³/mol. The van der Waals surface area contributed by atoms with Gasteiger partial charge in [0.15, 0.2) is 16.9 Å². The number of carboxylic acid groups (broad SMARTS) is 1. The van der Waals surface area contributed by atoms with Crippen molar-refractivity contribution < 1.29 is 37.3 Å². The highest BCUT2D eigenvalue weighted by atomic mass is 19.4. The normalized spacial score (nSPS) is 20.3. The van der Waals surface area contributed by atoms with Crippen LogP contribution in [-0.4, -0.2) is 54.4 Å². The number of halogens is 3. The Kier molecular flexibility index (Phi) is 5.39. The Bertz CT molecular complexity index is 704. The monoisotopic (exact) mass is 375 g/mol. The fourth-order valence-corrected chi connectivity index (χ4v) is 2.84. The molecule has 1 unspecified atom stereocenters. The highest BCUT2D eigenvalue weighted by Gasteiger charge is 2.64. The minimum atomic E-state index is -4.94. The summed E-state index contributed by atoms with van der Waals surface area (Å²) in [6.45, 7) is 2.41. The van der Waals surface area contributed by atoms with E-state index >= 15 is 0 Å². The first-order valence-corrected chi connectivity index (χ1v) is 7.96. The first kappa shape index (κ1) is 19.9. The number of likely N-dealkylation sites (tertiary alicyclic amines) is 1. The van der Waals surface area contributed by atoms with Crippen LogP contribution in [0.2, 0.25) is 0 Å². The summed E-state index contributed by atoms with van der Waals surface area (Å²) in [5.41, 5.74) is -2.84. The number of rotatable bonds is 5. The summed E-state index contributed by atoms with van der Waals surface area (Å²) in [5.74, 6) is -2.00. The quantitative estimate of drug-likeness (QED) is 0.856. The molecule has 1 aromatic rings. The lowest BCUT2D eigenvalue weighted by Crippen LogP contribution is -2.47. The van der Waals surface area contributed by atoms with Gasteiger partial charge in [-0.15, -0.1) is 0 Å². The van der Waals surface area contributed by atoms with Crippen LogP contribution in [0.3, 0.4) is 0 Å². The molecule has 1 fully saturated rings. The van der Waals surface area contributed by atoms with Crippen LogP contribution >= 0.6 is 0 Å². The van der Waals surface area contributed by atoms with Crippen molar-refractivity contribution in [3.8, 4) is 11.5 Å². The number of alkyl halides is 3. The predicted octanol–water partition coefficient (Wildman–Crippen LogP) is 2.96. The molecule has 0 spiro atoms. The number of carboxylic acids is 1. The molecule has 0 aromatic heterocycles. The average molecular weight is 375 g/mol. The fourth-order valence-electron chi connectivity index (χ4n) is 2.84. The summed E-state index contributed by atoms with van der Waals surface area (Å²) >= 11 is 0.